The first-order valence-electron chi connectivity index (χ1n) is 7.90. The van der Waals surface area contributed by atoms with E-state index in [0.717, 1.165) is 0 Å². The standard InChI is InChI=1S/C16H30N2O4/c1-16(2,3)22-15(21)11-7-5-9-13(19)12(17)8-4-6-10-14(18)20/h12H,4-11,17H2,1-3H3,(H2,18,20)/t12-/m0/s1. The highest BCUT2D eigenvalue weighted by molar-refractivity contribution is 5.83. The molecule has 0 radical (unpaired) electrons. The molecule has 4 N–H and O–H groups in total. The summed E-state index contributed by atoms with van der Waals surface area (Å²) in [5, 5.41) is 0. The lowest BCUT2D eigenvalue weighted by Gasteiger charge is -2.19. The van der Waals surface area contributed by atoms with E-state index in [-0.39, 0.29) is 17.7 Å². The SMILES string of the molecule is CC(C)(C)OC(=O)CCCCC(=O)[C@@H](N)CCCCC(N)=O. The number of amides is 1. The summed E-state index contributed by atoms with van der Waals surface area (Å²) in [7, 11) is 0. The predicted molar refractivity (Wildman–Crippen MR) is 85.0 cm³/mol. The number of ether oxygens (including phenoxy) is 1. The molecule has 0 saturated heterocycles. The minimum absolute atomic E-state index is 0.00302. The Balaban J connectivity index is 3.71. The summed E-state index contributed by atoms with van der Waals surface area (Å²) < 4.78 is 5.19. The smallest absolute Gasteiger partial charge is 0.306 e. The Bertz CT molecular complexity index is 375. The van der Waals surface area contributed by atoms with Crippen LogP contribution in [0, 0.1) is 0 Å². The van der Waals surface area contributed by atoms with E-state index in [1.54, 1.807) is 0 Å². The number of primary amides is 1. The molecule has 6 heteroatoms. The molecule has 0 aromatic carbocycles. The Kier molecular flexibility index (Phi) is 9.65. The molecule has 0 heterocycles. The van der Waals surface area contributed by atoms with Crippen molar-refractivity contribution in [2.75, 3.05) is 0 Å². The summed E-state index contributed by atoms with van der Waals surface area (Å²) in [4.78, 5) is 33.9. The van der Waals surface area contributed by atoms with Gasteiger partial charge in [-0.2, -0.15) is 0 Å². The van der Waals surface area contributed by atoms with Gasteiger partial charge in [0.2, 0.25) is 5.91 Å². The molecule has 0 aliphatic carbocycles. The highest BCUT2D eigenvalue weighted by Gasteiger charge is 2.16. The molecule has 0 bridgehead atoms. The van der Waals surface area contributed by atoms with E-state index in [0.29, 0.717) is 51.4 Å². The number of rotatable bonds is 11. The second-order valence-electron chi connectivity index (χ2n) is 6.58. The van der Waals surface area contributed by atoms with Crippen LogP contribution in [-0.4, -0.2) is 29.3 Å². The Labute approximate surface area is 132 Å². The van der Waals surface area contributed by atoms with E-state index >= 15 is 0 Å². The third kappa shape index (κ3) is 12.3. The molecule has 1 amide bonds. The molecule has 0 rings (SSSR count). The Morgan fingerprint density at radius 3 is 2.05 bits per heavy atom. The van der Waals surface area contributed by atoms with Gasteiger partial charge in [-0.25, -0.2) is 0 Å². The number of carbonyl (C=O) groups excluding carboxylic acids is 3. The lowest BCUT2D eigenvalue weighted by Crippen LogP contribution is -2.30. The monoisotopic (exact) mass is 314 g/mol. The van der Waals surface area contributed by atoms with Gasteiger partial charge in [0.05, 0.1) is 6.04 Å². The largest absolute Gasteiger partial charge is 0.460 e. The summed E-state index contributed by atoms with van der Waals surface area (Å²) in [6, 6.07) is -0.491. The number of Topliss-reactive ketones (excluding diaryl/α,β-unsaturated/α-hetero) is 1. The van der Waals surface area contributed by atoms with Crippen molar-refractivity contribution in [3.63, 3.8) is 0 Å². The lowest BCUT2D eigenvalue weighted by atomic mass is 10.0. The number of hydrogen-bond acceptors (Lipinski definition) is 5. The maximum absolute atomic E-state index is 11.8. The Hall–Kier alpha value is -1.43. The molecule has 0 aromatic heterocycles. The molecule has 128 valence electrons. The molecule has 0 fully saturated rings. The molecule has 0 aliphatic heterocycles. The summed E-state index contributed by atoms with van der Waals surface area (Å²) in [5.74, 6) is -0.569. The van der Waals surface area contributed by atoms with Gasteiger partial charge in [0, 0.05) is 19.3 Å². The van der Waals surface area contributed by atoms with Crippen LogP contribution in [0.15, 0.2) is 0 Å². The maximum atomic E-state index is 11.8. The number of ketones is 1. The Morgan fingerprint density at radius 2 is 1.50 bits per heavy atom. The average molecular weight is 314 g/mol. The highest BCUT2D eigenvalue weighted by atomic mass is 16.6. The topological polar surface area (TPSA) is 112 Å². The van der Waals surface area contributed by atoms with E-state index < -0.39 is 11.6 Å². The van der Waals surface area contributed by atoms with E-state index in [1.165, 1.54) is 0 Å². The number of carbonyl (C=O) groups is 3. The Morgan fingerprint density at radius 1 is 0.955 bits per heavy atom. The van der Waals surface area contributed by atoms with Gasteiger partial charge in [0.25, 0.3) is 0 Å². The van der Waals surface area contributed by atoms with Crippen LogP contribution in [0.5, 0.6) is 0 Å². The van der Waals surface area contributed by atoms with Crippen LogP contribution in [0.1, 0.15) is 72.1 Å². The fourth-order valence-electron chi connectivity index (χ4n) is 1.97. The van der Waals surface area contributed by atoms with Crippen molar-refractivity contribution in [2.24, 2.45) is 11.5 Å². The molecule has 22 heavy (non-hydrogen) atoms. The highest BCUT2D eigenvalue weighted by Crippen LogP contribution is 2.11. The van der Waals surface area contributed by atoms with E-state index in [9.17, 15) is 14.4 Å². The molecule has 0 aromatic rings. The molecule has 0 unspecified atom stereocenters. The van der Waals surface area contributed by atoms with Crippen LogP contribution >= 0.6 is 0 Å². The first-order chi connectivity index (χ1) is 10.1. The van der Waals surface area contributed by atoms with Gasteiger partial charge in [-0.3, -0.25) is 14.4 Å². The molecule has 1 atom stereocenters. The first-order valence-corrected chi connectivity index (χ1v) is 7.90. The number of unbranched alkanes of at least 4 members (excludes halogenated alkanes) is 2. The third-order valence-corrected chi connectivity index (χ3v) is 3.08. The van der Waals surface area contributed by atoms with E-state index in [4.69, 9.17) is 16.2 Å². The normalized spacial score (nSPS) is 12.7. The molecule has 0 saturated carbocycles. The molecule has 0 aliphatic rings. The van der Waals surface area contributed by atoms with Gasteiger partial charge in [-0.15, -0.1) is 0 Å². The first kappa shape index (κ1) is 20.6. The predicted octanol–water partition coefficient (Wildman–Crippen LogP) is 1.83. The van der Waals surface area contributed by atoms with Crippen LogP contribution < -0.4 is 11.5 Å². The summed E-state index contributed by atoms with van der Waals surface area (Å²) in [6.07, 6.45) is 4.22. The third-order valence-electron chi connectivity index (χ3n) is 3.08. The average Bonchev–Trinajstić information content (AvgIpc) is 2.36. The minimum atomic E-state index is -0.491. The van der Waals surface area contributed by atoms with Crippen molar-refractivity contribution in [1.82, 2.24) is 0 Å². The van der Waals surface area contributed by atoms with Crippen molar-refractivity contribution >= 4 is 17.7 Å². The van der Waals surface area contributed by atoms with E-state index in [2.05, 4.69) is 0 Å². The second-order valence-corrected chi connectivity index (χ2v) is 6.58. The number of esters is 1. The molecule has 0 spiro atoms. The summed E-state index contributed by atoms with van der Waals surface area (Å²) >= 11 is 0. The molecular formula is C16H30N2O4. The van der Waals surface area contributed by atoms with Gasteiger partial charge in [-0.05, 0) is 46.5 Å². The summed E-state index contributed by atoms with van der Waals surface area (Å²) in [5.41, 5.74) is 10.4. The van der Waals surface area contributed by atoms with Crippen molar-refractivity contribution in [3.05, 3.63) is 0 Å². The number of hydrogen-bond donors (Lipinski definition) is 2. The zero-order valence-corrected chi connectivity index (χ0v) is 14.0. The van der Waals surface area contributed by atoms with Crippen molar-refractivity contribution < 1.29 is 19.1 Å². The quantitative estimate of drug-likeness (QED) is 0.446. The van der Waals surface area contributed by atoms with Crippen LogP contribution in [0.3, 0.4) is 0 Å². The van der Waals surface area contributed by atoms with Gasteiger partial charge in [0.1, 0.15) is 11.4 Å². The molecular weight excluding hydrogens is 284 g/mol. The fraction of sp³-hybridized carbons (Fsp3) is 0.812. The van der Waals surface area contributed by atoms with Crippen LogP contribution in [0.25, 0.3) is 0 Å². The van der Waals surface area contributed by atoms with Crippen molar-refractivity contribution in [2.45, 2.75) is 83.8 Å². The zero-order valence-electron chi connectivity index (χ0n) is 14.0. The maximum Gasteiger partial charge on any atom is 0.306 e. The van der Waals surface area contributed by atoms with Crippen molar-refractivity contribution in [3.8, 4) is 0 Å². The summed E-state index contributed by atoms with van der Waals surface area (Å²) in [6.45, 7) is 5.48. The van der Waals surface area contributed by atoms with E-state index in [1.807, 2.05) is 20.8 Å². The van der Waals surface area contributed by atoms with Gasteiger partial charge in [-0.1, -0.05) is 6.42 Å². The van der Waals surface area contributed by atoms with Crippen molar-refractivity contribution in [1.29, 1.82) is 0 Å². The van der Waals surface area contributed by atoms with Crippen LogP contribution in [-0.2, 0) is 19.1 Å². The van der Waals surface area contributed by atoms with Gasteiger partial charge < -0.3 is 16.2 Å². The van der Waals surface area contributed by atoms with Gasteiger partial charge in [0.15, 0.2) is 0 Å². The van der Waals surface area contributed by atoms with Gasteiger partial charge >= 0.3 is 5.97 Å². The minimum Gasteiger partial charge on any atom is -0.460 e. The zero-order chi connectivity index (χ0) is 17.2. The number of nitrogens with two attached hydrogens (primary N) is 2. The van der Waals surface area contributed by atoms with Crippen LogP contribution in [0.4, 0.5) is 0 Å². The molecule has 6 nitrogen and oxygen atoms in total. The lowest BCUT2D eigenvalue weighted by molar-refractivity contribution is -0.155. The fourth-order valence-corrected chi connectivity index (χ4v) is 1.97. The second kappa shape index (κ2) is 10.3. The van der Waals surface area contributed by atoms with Crippen LogP contribution in [0.2, 0.25) is 0 Å².